The van der Waals surface area contributed by atoms with Gasteiger partial charge in [-0.3, -0.25) is 4.98 Å². The lowest BCUT2D eigenvalue weighted by atomic mass is 10.5. The molecule has 0 amide bonds. The SMILES string of the molecule is SCOc1ccncc1. The Morgan fingerprint density at radius 2 is 2.11 bits per heavy atom. The van der Waals surface area contributed by atoms with Crippen LogP contribution in [0, 0.1) is 0 Å². The van der Waals surface area contributed by atoms with E-state index in [1.54, 1.807) is 24.5 Å². The van der Waals surface area contributed by atoms with Gasteiger partial charge in [0.1, 0.15) is 11.7 Å². The Hall–Kier alpha value is -0.700. The average molecular weight is 141 g/mol. The van der Waals surface area contributed by atoms with Gasteiger partial charge in [0.25, 0.3) is 0 Å². The minimum Gasteiger partial charge on any atom is -0.483 e. The number of aromatic nitrogens is 1. The van der Waals surface area contributed by atoms with E-state index in [1.165, 1.54) is 0 Å². The lowest BCUT2D eigenvalue weighted by Crippen LogP contribution is -1.87. The van der Waals surface area contributed by atoms with Crippen molar-refractivity contribution >= 4 is 12.6 Å². The largest absolute Gasteiger partial charge is 0.483 e. The van der Waals surface area contributed by atoms with E-state index in [-0.39, 0.29) is 0 Å². The molecule has 0 fully saturated rings. The minimum absolute atomic E-state index is 0.407. The molecule has 1 heterocycles. The van der Waals surface area contributed by atoms with E-state index < -0.39 is 0 Å². The van der Waals surface area contributed by atoms with Gasteiger partial charge in [0, 0.05) is 12.4 Å². The first-order valence-electron chi connectivity index (χ1n) is 2.57. The van der Waals surface area contributed by atoms with Gasteiger partial charge < -0.3 is 4.74 Å². The minimum atomic E-state index is 0.407. The molecule has 0 bridgehead atoms. The molecule has 1 aromatic heterocycles. The van der Waals surface area contributed by atoms with E-state index in [4.69, 9.17) is 4.74 Å². The van der Waals surface area contributed by atoms with Gasteiger partial charge in [-0.25, -0.2) is 0 Å². The zero-order chi connectivity index (χ0) is 6.53. The number of nitrogens with zero attached hydrogens (tertiary/aromatic N) is 1. The van der Waals surface area contributed by atoms with Crippen molar-refractivity contribution in [2.75, 3.05) is 5.94 Å². The fourth-order valence-corrected chi connectivity index (χ4v) is 0.658. The Morgan fingerprint density at radius 3 is 2.67 bits per heavy atom. The van der Waals surface area contributed by atoms with Crippen molar-refractivity contribution in [1.82, 2.24) is 4.98 Å². The summed E-state index contributed by atoms with van der Waals surface area (Å²) in [4.78, 5) is 3.82. The van der Waals surface area contributed by atoms with Crippen LogP contribution in [0.1, 0.15) is 0 Å². The molecule has 0 aromatic carbocycles. The van der Waals surface area contributed by atoms with Crippen LogP contribution in [0.15, 0.2) is 24.5 Å². The molecule has 0 aliphatic carbocycles. The molecule has 1 aromatic rings. The summed E-state index contributed by atoms with van der Waals surface area (Å²) in [5.41, 5.74) is 0. The van der Waals surface area contributed by atoms with Crippen LogP contribution in [0.2, 0.25) is 0 Å². The standard InChI is InChI=1S/C6H7NOS/c9-5-8-6-1-3-7-4-2-6/h1-4,9H,5H2. The number of thiol groups is 1. The quantitative estimate of drug-likeness (QED) is 0.496. The third-order valence-electron chi connectivity index (χ3n) is 0.881. The molecule has 0 unspecified atom stereocenters. The normalized spacial score (nSPS) is 9.00. The predicted octanol–water partition coefficient (Wildman–Crippen LogP) is 1.35. The van der Waals surface area contributed by atoms with Crippen LogP contribution in [0.4, 0.5) is 0 Å². The molecule has 0 radical (unpaired) electrons. The molecule has 0 aliphatic heterocycles. The monoisotopic (exact) mass is 141 g/mol. The highest BCUT2D eigenvalue weighted by atomic mass is 32.1. The van der Waals surface area contributed by atoms with Gasteiger partial charge in [-0.05, 0) is 12.1 Å². The first kappa shape index (κ1) is 6.42. The summed E-state index contributed by atoms with van der Waals surface area (Å²) in [7, 11) is 0. The average Bonchev–Trinajstić information content (AvgIpc) is 1.91. The van der Waals surface area contributed by atoms with Gasteiger partial charge in [0.15, 0.2) is 0 Å². The smallest absolute Gasteiger partial charge is 0.131 e. The molecule has 0 atom stereocenters. The van der Waals surface area contributed by atoms with Gasteiger partial charge in [-0.15, -0.1) is 12.6 Å². The number of hydrogen-bond donors (Lipinski definition) is 1. The van der Waals surface area contributed by atoms with E-state index in [0.717, 1.165) is 5.75 Å². The highest BCUT2D eigenvalue weighted by molar-refractivity contribution is 7.80. The number of pyridine rings is 1. The topological polar surface area (TPSA) is 22.1 Å². The Morgan fingerprint density at radius 1 is 1.44 bits per heavy atom. The van der Waals surface area contributed by atoms with Crippen molar-refractivity contribution < 1.29 is 4.74 Å². The fraction of sp³-hybridized carbons (Fsp3) is 0.167. The fourth-order valence-electron chi connectivity index (χ4n) is 0.509. The van der Waals surface area contributed by atoms with E-state index in [1.807, 2.05) is 0 Å². The van der Waals surface area contributed by atoms with E-state index in [9.17, 15) is 0 Å². The van der Waals surface area contributed by atoms with Crippen LogP contribution in [0.3, 0.4) is 0 Å². The summed E-state index contributed by atoms with van der Waals surface area (Å²) < 4.78 is 5.03. The highest BCUT2D eigenvalue weighted by Gasteiger charge is 1.84. The van der Waals surface area contributed by atoms with Crippen LogP contribution in [0.5, 0.6) is 5.75 Å². The molecule has 2 nitrogen and oxygen atoms in total. The van der Waals surface area contributed by atoms with Gasteiger partial charge in [-0.2, -0.15) is 0 Å². The van der Waals surface area contributed by atoms with Crippen LogP contribution >= 0.6 is 12.6 Å². The summed E-state index contributed by atoms with van der Waals surface area (Å²) in [6, 6.07) is 3.58. The number of hydrogen-bond acceptors (Lipinski definition) is 3. The van der Waals surface area contributed by atoms with Gasteiger partial charge in [0.05, 0.1) is 0 Å². The first-order valence-corrected chi connectivity index (χ1v) is 3.20. The second-order valence-electron chi connectivity index (χ2n) is 1.46. The Kier molecular flexibility index (Phi) is 2.39. The summed E-state index contributed by atoms with van der Waals surface area (Å²) in [6.45, 7) is 0. The van der Waals surface area contributed by atoms with Gasteiger partial charge in [0.2, 0.25) is 0 Å². The molecule has 1 rings (SSSR count). The van der Waals surface area contributed by atoms with E-state index in [2.05, 4.69) is 17.6 Å². The summed E-state index contributed by atoms with van der Waals surface area (Å²) in [6.07, 6.45) is 3.36. The summed E-state index contributed by atoms with van der Waals surface area (Å²) in [5, 5.41) is 0. The van der Waals surface area contributed by atoms with Crippen molar-refractivity contribution in [2.24, 2.45) is 0 Å². The van der Waals surface area contributed by atoms with Crippen LogP contribution in [-0.4, -0.2) is 10.9 Å². The maximum atomic E-state index is 5.03. The molecule has 9 heavy (non-hydrogen) atoms. The summed E-state index contributed by atoms with van der Waals surface area (Å²) in [5.74, 6) is 1.21. The first-order chi connectivity index (χ1) is 4.43. The zero-order valence-electron chi connectivity index (χ0n) is 4.82. The van der Waals surface area contributed by atoms with Crippen molar-refractivity contribution in [3.8, 4) is 5.75 Å². The molecule has 3 heteroatoms. The zero-order valence-corrected chi connectivity index (χ0v) is 5.71. The van der Waals surface area contributed by atoms with Crippen LogP contribution < -0.4 is 4.74 Å². The van der Waals surface area contributed by atoms with Crippen molar-refractivity contribution in [1.29, 1.82) is 0 Å². The maximum Gasteiger partial charge on any atom is 0.131 e. The Balaban J connectivity index is 2.61. The van der Waals surface area contributed by atoms with Crippen LogP contribution in [0.25, 0.3) is 0 Å². The molecule has 0 saturated carbocycles. The Labute approximate surface area is 59.3 Å². The van der Waals surface area contributed by atoms with Crippen molar-refractivity contribution in [3.63, 3.8) is 0 Å². The number of ether oxygens (including phenoxy) is 1. The van der Waals surface area contributed by atoms with Crippen molar-refractivity contribution in [2.45, 2.75) is 0 Å². The number of rotatable bonds is 2. The molecule has 0 N–H and O–H groups in total. The highest BCUT2D eigenvalue weighted by Crippen LogP contribution is 2.06. The van der Waals surface area contributed by atoms with E-state index >= 15 is 0 Å². The van der Waals surface area contributed by atoms with Gasteiger partial charge >= 0.3 is 0 Å². The molecule has 0 aliphatic rings. The second kappa shape index (κ2) is 3.35. The maximum absolute atomic E-state index is 5.03. The van der Waals surface area contributed by atoms with Gasteiger partial charge in [-0.1, -0.05) is 0 Å². The second-order valence-corrected chi connectivity index (χ2v) is 1.71. The molecule has 48 valence electrons. The predicted molar refractivity (Wildman–Crippen MR) is 38.7 cm³/mol. The third kappa shape index (κ3) is 1.93. The molecule has 0 saturated heterocycles. The van der Waals surface area contributed by atoms with Crippen molar-refractivity contribution in [3.05, 3.63) is 24.5 Å². The molecular weight excluding hydrogens is 134 g/mol. The Bertz CT molecular complexity index is 166. The van der Waals surface area contributed by atoms with E-state index in [0.29, 0.717) is 5.94 Å². The lowest BCUT2D eigenvalue weighted by Gasteiger charge is -1.98. The molecule has 0 spiro atoms. The van der Waals surface area contributed by atoms with Crippen LogP contribution in [-0.2, 0) is 0 Å². The third-order valence-corrected chi connectivity index (χ3v) is 1.01. The molecular formula is C6H7NOS. The lowest BCUT2D eigenvalue weighted by molar-refractivity contribution is 0.394. The summed E-state index contributed by atoms with van der Waals surface area (Å²) >= 11 is 3.89.